The van der Waals surface area contributed by atoms with Gasteiger partial charge in [0.05, 0.1) is 6.42 Å². The first-order valence-electron chi connectivity index (χ1n) is 5.77. The molecule has 1 aliphatic heterocycles. The molecular weight excluding hydrogens is 210 g/mol. The number of rotatable bonds is 5. The van der Waals surface area contributed by atoms with Gasteiger partial charge in [-0.2, -0.15) is 11.8 Å². The van der Waals surface area contributed by atoms with Gasteiger partial charge in [-0.05, 0) is 25.0 Å². The van der Waals surface area contributed by atoms with Gasteiger partial charge < -0.3 is 5.11 Å². The predicted octanol–water partition coefficient (Wildman–Crippen LogP) is 1.82. The first-order valence-corrected chi connectivity index (χ1v) is 6.82. The summed E-state index contributed by atoms with van der Waals surface area (Å²) in [5.41, 5.74) is 0. The minimum atomic E-state index is -0.668. The molecule has 1 saturated heterocycles. The van der Waals surface area contributed by atoms with Crippen molar-refractivity contribution in [1.29, 1.82) is 0 Å². The summed E-state index contributed by atoms with van der Waals surface area (Å²) in [7, 11) is 0. The lowest BCUT2D eigenvalue weighted by molar-refractivity contribution is -0.137. The molecule has 0 bridgehead atoms. The molecule has 0 aromatic heterocycles. The van der Waals surface area contributed by atoms with E-state index in [-0.39, 0.29) is 0 Å². The molecule has 0 radical (unpaired) electrons. The van der Waals surface area contributed by atoms with Gasteiger partial charge in [0.1, 0.15) is 0 Å². The third-order valence-corrected chi connectivity index (χ3v) is 4.67. The molecule has 1 aliphatic carbocycles. The Kier molecular flexibility index (Phi) is 3.57. The van der Waals surface area contributed by atoms with Crippen molar-refractivity contribution >= 4 is 17.7 Å². The van der Waals surface area contributed by atoms with E-state index in [0.717, 1.165) is 6.54 Å². The molecule has 2 atom stereocenters. The number of carboxylic acids is 1. The minimum Gasteiger partial charge on any atom is -0.481 e. The molecule has 0 aromatic rings. The van der Waals surface area contributed by atoms with Gasteiger partial charge in [-0.1, -0.05) is 6.92 Å². The monoisotopic (exact) mass is 229 g/mol. The van der Waals surface area contributed by atoms with Crippen LogP contribution in [-0.4, -0.2) is 45.6 Å². The molecule has 0 spiro atoms. The number of carbonyl (C=O) groups is 1. The van der Waals surface area contributed by atoms with Crippen molar-refractivity contribution in [1.82, 2.24) is 4.90 Å². The van der Waals surface area contributed by atoms with Crippen LogP contribution in [0.2, 0.25) is 0 Å². The largest absolute Gasteiger partial charge is 0.481 e. The van der Waals surface area contributed by atoms with Crippen molar-refractivity contribution in [2.75, 3.05) is 12.3 Å². The summed E-state index contributed by atoms with van der Waals surface area (Å²) in [5, 5.41) is 9.42. The normalized spacial score (nSPS) is 31.1. The summed E-state index contributed by atoms with van der Waals surface area (Å²) in [5.74, 6) is 0.571. The second kappa shape index (κ2) is 4.74. The molecule has 2 unspecified atom stereocenters. The van der Waals surface area contributed by atoms with E-state index in [1.165, 1.54) is 25.0 Å². The molecule has 1 heterocycles. The van der Waals surface area contributed by atoms with Crippen LogP contribution in [0.3, 0.4) is 0 Å². The van der Waals surface area contributed by atoms with Crippen LogP contribution in [0.4, 0.5) is 0 Å². The molecule has 2 aliphatic rings. The number of hydrogen-bond donors (Lipinski definition) is 1. The van der Waals surface area contributed by atoms with Crippen LogP contribution in [0.5, 0.6) is 0 Å². The number of thioether (sulfide) groups is 1. The number of carboxylic acid groups (broad SMARTS) is 1. The number of nitrogens with zero attached hydrogens (tertiary/aromatic N) is 1. The van der Waals surface area contributed by atoms with Gasteiger partial charge in [0, 0.05) is 23.9 Å². The van der Waals surface area contributed by atoms with Crippen LogP contribution in [-0.2, 0) is 4.79 Å². The summed E-state index contributed by atoms with van der Waals surface area (Å²) in [6.07, 6.45) is 4.08. The first kappa shape index (κ1) is 11.3. The quantitative estimate of drug-likeness (QED) is 0.780. The Bertz CT molecular complexity index is 243. The Balaban J connectivity index is 1.90. The highest BCUT2D eigenvalue weighted by molar-refractivity contribution is 8.00. The molecule has 2 rings (SSSR count). The lowest BCUT2D eigenvalue weighted by Gasteiger charge is -2.30. The summed E-state index contributed by atoms with van der Waals surface area (Å²) in [6, 6.07) is 1.32. The minimum absolute atomic E-state index is 0.296. The standard InChI is InChI=1S/C11H19NO2S/c1-8-10(5-7-15-8)12(9-2-3-9)6-4-11(13)14/h8-10H,2-7H2,1H3,(H,13,14). The molecule has 1 N–H and O–H groups in total. The summed E-state index contributed by atoms with van der Waals surface area (Å²) < 4.78 is 0. The van der Waals surface area contributed by atoms with Gasteiger partial charge >= 0.3 is 5.97 Å². The lowest BCUT2D eigenvalue weighted by atomic mass is 10.1. The molecule has 2 fully saturated rings. The smallest absolute Gasteiger partial charge is 0.304 e. The van der Waals surface area contributed by atoms with E-state index in [1.807, 2.05) is 11.8 Å². The maximum Gasteiger partial charge on any atom is 0.304 e. The molecule has 0 amide bonds. The van der Waals surface area contributed by atoms with Crippen molar-refractivity contribution in [2.45, 2.75) is 49.9 Å². The van der Waals surface area contributed by atoms with E-state index in [4.69, 9.17) is 5.11 Å². The molecule has 15 heavy (non-hydrogen) atoms. The second-order valence-electron chi connectivity index (χ2n) is 4.54. The van der Waals surface area contributed by atoms with E-state index >= 15 is 0 Å². The second-order valence-corrected chi connectivity index (χ2v) is 6.03. The van der Waals surface area contributed by atoms with Gasteiger partial charge in [0.15, 0.2) is 0 Å². The molecule has 1 saturated carbocycles. The molecule has 86 valence electrons. The molecular formula is C11H19NO2S. The van der Waals surface area contributed by atoms with Gasteiger partial charge in [0.25, 0.3) is 0 Å². The zero-order valence-corrected chi connectivity index (χ0v) is 10.0. The average Bonchev–Trinajstić information content (AvgIpc) is 2.92. The Hall–Kier alpha value is -0.220. The van der Waals surface area contributed by atoms with E-state index in [2.05, 4.69) is 11.8 Å². The summed E-state index contributed by atoms with van der Waals surface area (Å²) >= 11 is 2.02. The van der Waals surface area contributed by atoms with Gasteiger partial charge in [-0.15, -0.1) is 0 Å². The van der Waals surface area contributed by atoms with Crippen LogP contribution >= 0.6 is 11.8 Å². The zero-order valence-electron chi connectivity index (χ0n) is 9.19. The van der Waals surface area contributed by atoms with E-state index in [1.54, 1.807) is 0 Å². The topological polar surface area (TPSA) is 40.5 Å². The van der Waals surface area contributed by atoms with Crippen molar-refractivity contribution in [2.24, 2.45) is 0 Å². The van der Waals surface area contributed by atoms with Gasteiger partial charge in [-0.3, -0.25) is 9.69 Å². The fourth-order valence-corrected chi connectivity index (χ4v) is 3.67. The van der Waals surface area contributed by atoms with E-state index in [9.17, 15) is 4.79 Å². The molecule has 4 heteroatoms. The first-order chi connectivity index (χ1) is 7.18. The Morgan fingerprint density at radius 2 is 2.20 bits per heavy atom. The Morgan fingerprint density at radius 3 is 2.67 bits per heavy atom. The van der Waals surface area contributed by atoms with Crippen molar-refractivity contribution in [3.63, 3.8) is 0 Å². The maximum atomic E-state index is 10.6. The van der Waals surface area contributed by atoms with Gasteiger partial charge in [-0.25, -0.2) is 0 Å². The fraction of sp³-hybridized carbons (Fsp3) is 0.909. The summed E-state index contributed by atoms with van der Waals surface area (Å²) in [4.78, 5) is 13.1. The zero-order chi connectivity index (χ0) is 10.8. The number of aliphatic carboxylic acids is 1. The predicted molar refractivity (Wildman–Crippen MR) is 62.3 cm³/mol. The summed E-state index contributed by atoms with van der Waals surface area (Å²) in [6.45, 7) is 3.02. The van der Waals surface area contributed by atoms with Crippen molar-refractivity contribution in [3.05, 3.63) is 0 Å². The highest BCUT2D eigenvalue weighted by atomic mass is 32.2. The van der Waals surface area contributed by atoms with Crippen molar-refractivity contribution in [3.8, 4) is 0 Å². The molecule has 0 aromatic carbocycles. The van der Waals surface area contributed by atoms with Crippen LogP contribution in [0.15, 0.2) is 0 Å². The van der Waals surface area contributed by atoms with Crippen LogP contribution in [0.25, 0.3) is 0 Å². The maximum absolute atomic E-state index is 10.6. The highest BCUT2D eigenvalue weighted by Crippen LogP contribution is 2.37. The number of hydrogen-bond acceptors (Lipinski definition) is 3. The molecule has 3 nitrogen and oxygen atoms in total. The third-order valence-electron chi connectivity index (χ3n) is 3.36. The Labute approximate surface area is 95.2 Å². The van der Waals surface area contributed by atoms with Crippen LogP contribution in [0.1, 0.15) is 32.6 Å². The van der Waals surface area contributed by atoms with Crippen LogP contribution in [0, 0.1) is 0 Å². The average molecular weight is 229 g/mol. The van der Waals surface area contributed by atoms with Crippen LogP contribution < -0.4 is 0 Å². The third kappa shape index (κ3) is 2.88. The van der Waals surface area contributed by atoms with E-state index in [0.29, 0.717) is 23.8 Å². The SMILES string of the molecule is CC1SCCC1N(CCC(=O)O)C1CC1. The van der Waals surface area contributed by atoms with Gasteiger partial charge in [0.2, 0.25) is 0 Å². The van der Waals surface area contributed by atoms with Crippen molar-refractivity contribution < 1.29 is 9.90 Å². The Morgan fingerprint density at radius 1 is 1.47 bits per heavy atom. The lowest BCUT2D eigenvalue weighted by Crippen LogP contribution is -2.41. The fourth-order valence-electron chi connectivity index (χ4n) is 2.41. The highest BCUT2D eigenvalue weighted by Gasteiger charge is 2.38. The van der Waals surface area contributed by atoms with E-state index < -0.39 is 5.97 Å².